The lowest BCUT2D eigenvalue weighted by Crippen LogP contribution is -2.31. The molecular weight excluding hydrogens is 250 g/mol. The van der Waals surface area contributed by atoms with Crippen molar-refractivity contribution in [1.29, 1.82) is 0 Å². The number of guanidine groups is 1. The third-order valence-corrected chi connectivity index (χ3v) is 3.90. The fourth-order valence-electron chi connectivity index (χ4n) is 2.59. The van der Waals surface area contributed by atoms with E-state index in [1.165, 1.54) is 5.56 Å². The lowest BCUT2D eigenvalue weighted by atomic mass is 10.0. The van der Waals surface area contributed by atoms with Gasteiger partial charge in [0.15, 0.2) is 5.96 Å². The maximum atomic E-state index is 10.2. The molecule has 2 rings (SSSR count). The highest BCUT2D eigenvalue weighted by atomic mass is 16.3. The highest BCUT2D eigenvalue weighted by Crippen LogP contribution is 2.29. The summed E-state index contributed by atoms with van der Waals surface area (Å²) in [6, 6.07) is 8.16. The minimum Gasteiger partial charge on any atom is -0.388 e. The van der Waals surface area contributed by atoms with Crippen LogP contribution >= 0.6 is 0 Å². The number of aliphatic imine (C=N–C) groups is 1. The molecule has 4 N–H and O–H groups in total. The van der Waals surface area contributed by atoms with Crippen molar-refractivity contribution in [1.82, 2.24) is 0 Å². The predicted molar refractivity (Wildman–Crippen MR) is 84.1 cm³/mol. The van der Waals surface area contributed by atoms with Gasteiger partial charge >= 0.3 is 0 Å². The Kier molecular flexibility index (Phi) is 4.65. The van der Waals surface area contributed by atoms with E-state index in [0.29, 0.717) is 18.4 Å². The largest absolute Gasteiger partial charge is 0.388 e. The van der Waals surface area contributed by atoms with Crippen LogP contribution in [0.3, 0.4) is 0 Å². The maximum absolute atomic E-state index is 10.2. The van der Waals surface area contributed by atoms with Crippen LogP contribution < -0.4 is 11.1 Å². The standard InChI is InChI=1S/C16H25N3O/c1-12(2)13-6-5-7-14(10-13)19-15(17)18-11-16(20)8-3-4-9-16/h5-7,10,12,20H,3-4,8-9,11H2,1-2H3,(H3,17,18,19). The van der Waals surface area contributed by atoms with Crippen molar-refractivity contribution in [2.24, 2.45) is 10.7 Å². The quantitative estimate of drug-likeness (QED) is 0.584. The first kappa shape index (κ1) is 14.9. The fraction of sp³-hybridized carbons (Fsp3) is 0.562. The van der Waals surface area contributed by atoms with E-state index in [2.05, 4.69) is 36.3 Å². The third kappa shape index (κ3) is 3.97. The summed E-state index contributed by atoms with van der Waals surface area (Å²) in [5.41, 5.74) is 7.45. The first-order valence-corrected chi connectivity index (χ1v) is 7.38. The summed E-state index contributed by atoms with van der Waals surface area (Å²) in [5, 5.41) is 13.3. The number of nitrogens with one attached hydrogen (secondary N) is 1. The molecule has 1 fully saturated rings. The van der Waals surface area contributed by atoms with Gasteiger partial charge in [0, 0.05) is 5.69 Å². The summed E-state index contributed by atoms with van der Waals surface area (Å²) in [6.07, 6.45) is 3.81. The molecule has 0 atom stereocenters. The van der Waals surface area contributed by atoms with Gasteiger partial charge in [-0.1, -0.05) is 38.8 Å². The Bertz CT molecular complexity index is 476. The van der Waals surface area contributed by atoms with Crippen molar-refractivity contribution in [2.75, 3.05) is 11.9 Å². The Morgan fingerprint density at radius 3 is 2.75 bits per heavy atom. The molecule has 0 unspecified atom stereocenters. The van der Waals surface area contributed by atoms with Crippen LogP contribution in [0, 0.1) is 0 Å². The first-order chi connectivity index (χ1) is 9.48. The minimum atomic E-state index is -0.647. The summed E-state index contributed by atoms with van der Waals surface area (Å²) in [5.74, 6) is 0.848. The molecule has 1 saturated carbocycles. The average Bonchev–Trinajstić information content (AvgIpc) is 2.84. The Hall–Kier alpha value is -1.55. The number of aliphatic hydroxyl groups is 1. The monoisotopic (exact) mass is 275 g/mol. The number of hydrogen-bond acceptors (Lipinski definition) is 2. The van der Waals surface area contributed by atoms with E-state index in [4.69, 9.17) is 5.73 Å². The van der Waals surface area contributed by atoms with Crippen LogP contribution in [0.15, 0.2) is 29.3 Å². The van der Waals surface area contributed by atoms with Crippen LogP contribution in [0.2, 0.25) is 0 Å². The minimum absolute atomic E-state index is 0.367. The van der Waals surface area contributed by atoms with Gasteiger partial charge in [0.05, 0.1) is 12.1 Å². The molecule has 20 heavy (non-hydrogen) atoms. The molecule has 0 aliphatic heterocycles. The van der Waals surface area contributed by atoms with E-state index in [1.807, 2.05) is 12.1 Å². The fourth-order valence-corrected chi connectivity index (χ4v) is 2.59. The number of nitrogens with zero attached hydrogens (tertiary/aromatic N) is 1. The highest BCUT2D eigenvalue weighted by Gasteiger charge is 2.30. The van der Waals surface area contributed by atoms with E-state index in [-0.39, 0.29) is 0 Å². The number of rotatable bonds is 4. The molecule has 0 amide bonds. The third-order valence-electron chi connectivity index (χ3n) is 3.90. The molecule has 4 nitrogen and oxygen atoms in total. The average molecular weight is 275 g/mol. The zero-order chi connectivity index (χ0) is 14.6. The Labute approximate surface area is 121 Å². The topological polar surface area (TPSA) is 70.6 Å². The van der Waals surface area contributed by atoms with Crippen molar-refractivity contribution >= 4 is 11.6 Å². The molecule has 0 bridgehead atoms. The van der Waals surface area contributed by atoms with Gasteiger partial charge in [-0.15, -0.1) is 0 Å². The molecule has 1 aliphatic carbocycles. The van der Waals surface area contributed by atoms with Crippen molar-refractivity contribution in [3.05, 3.63) is 29.8 Å². The summed E-state index contributed by atoms with van der Waals surface area (Å²) in [7, 11) is 0. The van der Waals surface area contributed by atoms with Crippen molar-refractivity contribution in [3.63, 3.8) is 0 Å². The van der Waals surface area contributed by atoms with Crippen LogP contribution in [-0.2, 0) is 0 Å². The van der Waals surface area contributed by atoms with Crippen molar-refractivity contribution in [3.8, 4) is 0 Å². The van der Waals surface area contributed by atoms with Gasteiger partial charge in [-0.2, -0.15) is 0 Å². The Balaban J connectivity index is 1.96. The second-order valence-electron chi connectivity index (χ2n) is 6.04. The van der Waals surface area contributed by atoms with Crippen LogP contribution in [0.4, 0.5) is 5.69 Å². The second-order valence-corrected chi connectivity index (χ2v) is 6.04. The maximum Gasteiger partial charge on any atom is 0.193 e. The van der Waals surface area contributed by atoms with Gasteiger partial charge < -0.3 is 16.2 Å². The van der Waals surface area contributed by atoms with Crippen LogP contribution in [-0.4, -0.2) is 23.2 Å². The van der Waals surface area contributed by atoms with E-state index < -0.39 is 5.60 Å². The van der Waals surface area contributed by atoms with Crippen LogP contribution in [0.5, 0.6) is 0 Å². The molecule has 0 radical (unpaired) electrons. The van der Waals surface area contributed by atoms with Gasteiger partial charge in [-0.05, 0) is 36.5 Å². The lowest BCUT2D eigenvalue weighted by molar-refractivity contribution is 0.0575. The molecule has 0 saturated heterocycles. The molecule has 1 aliphatic rings. The highest BCUT2D eigenvalue weighted by molar-refractivity contribution is 5.92. The van der Waals surface area contributed by atoms with Gasteiger partial charge in [0.2, 0.25) is 0 Å². The Morgan fingerprint density at radius 2 is 2.10 bits per heavy atom. The smallest absolute Gasteiger partial charge is 0.193 e. The van der Waals surface area contributed by atoms with E-state index in [1.54, 1.807) is 0 Å². The number of anilines is 1. The lowest BCUT2D eigenvalue weighted by Gasteiger charge is -2.19. The van der Waals surface area contributed by atoms with E-state index in [0.717, 1.165) is 31.4 Å². The molecule has 110 valence electrons. The molecular formula is C16H25N3O. The van der Waals surface area contributed by atoms with E-state index in [9.17, 15) is 5.11 Å². The van der Waals surface area contributed by atoms with Gasteiger partial charge in [0.1, 0.15) is 0 Å². The van der Waals surface area contributed by atoms with Crippen molar-refractivity contribution in [2.45, 2.75) is 51.0 Å². The SMILES string of the molecule is CC(C)c1cccc(NC(N)=NCC2(O)CCCC2)c1. The zero-order valence-corrected chi connectivity index (χ0v) is 12.4. The molecule has 0 spiro atoms. The van der Waals surface area contributed by atoms with Gasteiger partial charge in [0.25, 0.3) is 0 Å². The normalized spacial score (nSPS) is 18.5. The number of benzene rings is 1. The van der Waals surface area contributed by atoms with Crippen LogP contribution in [0.1, 0.15) is 51.0 Å². The molecule has 1 aromatic rings. The molecule has 1 aromatic carbocycles. The zero-order valence-electron chi connectivity index (χ0n) is 12.4. The van der Waals surface area contributed by atoms with Gasteiger partial charge in [-0.3, -0.25) is 4.99 Å². The van der Waals surface area contributed by atoms with Gasteiger partial charge in [-0.25, -0.2) is 0 Å². The molecule has 0 aromatic heterocycles. The summed E-state index contributed by atoms with van der Waals surface area (Å²) >= 11 is 0. The number of hydrogen-bond donors (Lipinski definition) is 3. The molecule has 4 heteroatoms. The summed E-state index contributed by atoms with van der Waals surface area (Å²) < 4.78 is 0. The Morgan fingerprint density at radius 1 is 1.40 bits per heavy atom. The first-order valence-electron chi connectivity index (χ1n) is 7.38. The number of nitrogens with two attached hydrogens (primary N) is 1. The summed E-state index contributed by atoms with van der Waals surface area (Å²) in [6.45, 7) is 4.70. The van der Waals surface area contributed by atoms with E-state index >= 15 is 0 Å². The second kappa shape index (κ2) is 6.27. The summed E-state index contributed by atoms with van der Waals surface area (Å²) in [4.78, 5) is 4.28. The predicted octanol–water partition coefficient (Wildman–Crippen LogP) is 2.84. The van der Waals surface area contributed by atoms with Crippen LogP contribution in [0.25, 0.3) is 0 Å². The van der Waals surface area contributed by atoms with Crippen molar-refractivity contribution < 1.29 is 5.11 Å². The molecule has 0 heterocycles.